The van der Waals surface area contributed by atoms with Crippen molar-refractivity contribution in [2.24, 2.45) is 0 Å². The van der Waals surface area contributed by atoms with E-state index in [1.54, 1.807) is 0 Å². The monoisotopic (exact) mass is 296 g/mol. The number of amides is 1. The fraction of sp³-hybridized carbons (Fsp3) is 0.714. The molecule has 0 aromatic carbocycles. The van der Waals surface area contributed by atoms with Gasteiger partial charge < -0.3 is 15.5 Å². The predicted octanol–water partition coefficient (Wildman–Crippen LogP) is 2.59. The summed E-state index contributed by atoms with van der Waals surface area (Å²) in [5.74, 6) is 0.414. The lowest BCUT2D eigenvalue weighted by Crippen LogP contribution is -2.38. The number of carbonyl (C=O) groups is 1. The van der Waals surface area contributed by atoms with Crippen molar-refractivity contribution in [1.82, 2.24) is 9.88 Å². The van der Waals surface area contributed by atoms with Crippen LogP contribution in [0.4, 0.5) is 10.9 Å². The SMILES string of the molecule is CCN(C)c1nc(N)c(C(=O)N2CCCCCC2C)s1. The molecule has 1 saturated heterocycles. The fourth-order valence-electron chi connectivity index (χ4n) is 2.48. The molecule has 1 aliphatic heterocycles. The number of nitrogens with two attached hydrogens (primary N) is 1. The van der Waals surface area contributed by atoms with Crippen molar-refractivity contribution in [1.29, 1.82) is 0 Å². The van der Waals surface area contributed by atoms with E-state index in [2.05, 4.69) is 18.8 Å². The van der Waals surface area contributed by atoms with E-state index in [1.165, 1.54) is 24.2 Å². The average Bonchev–Trinajstić information content (AvgIpc) is 2.69. The third kappa shape index (κ3) is 3.06. The van der Waals surface area contributed by atoms with Crippen molar-refractivity contribution < 1.29 is 4.79 Å². The Bertz CT molecular complexity index is 474. The first-order valence-electron chi connectivity index (χ1n) is 7.33. The van der Waals surface area contributed by atoms with Gasteiger partial charge in [-0.3, -0.25) is 4.79 Å². The van der Waals surface area contributed by atoms with E-state index in [0.29, 0.717) is 16.7 Å². The van der Waals surface area contributed by atoms with Gasteiger partial charge in [-0.05, 0) is 26.7 Å². The summed E-state index contributed by atoms with van der Waals surface area (Å²) in [5, 5.41) is 0.816. The molecule has 1 unspecified atom stereocenters. The summed E-state index contributed by atoms with van der Waals surface area (Å²) in [6, 6.07) is 0.291. The Morgan fingerprint density at radius 3 is 2.95 bits per heavy atom. The quantitative estimate of drug-likeness (QED) is 0.931. The molecule has 1 aromatic rings. The Kier molecular flexibility index (Phi) is 4.86. The molecule has 1 amide bonds. The zero-order valence-corrected chi connectivity index (χ0v) is 13.4. The maximum absolute atomic E-state index is 12.7. The van der Waals surface area contributed by atoms with Gasteiger partial charge in [0.1, 0.15) is 10.7 Å². The number of aromatic nitrogens is 1. The molecule has 2 rings (SSSR count). The Morgan fingerprint density at radius 1 is 1.50 bits per heavy atom. The van der Waals surface area contributed by atoms with Crippen LogP contribution >= 0.6 is 11.3 Å². The van der Waals surface area contributed by atoms with Gasteiger partial charge in [0.25, 0.3) is 5.91 Å². The molecule has 112 valence electrons. The molecular weight excluding hydrogens is 272 g/mol. The summed E-state index contributed by atoms with van der Waals surface area (Å²) in [4.78, 5) is 21.6. The standard InChI is InChI=1S/C14H24N4OS/c1-4-17(3)14-16-12(15)11(20-14)13(19)18-9-7-5-6-8-10(18)2/h10H,4-9,15H2,1-3H3. The summed E-state index contributed by atoms with van der Waals surface area (Å²) in [6.07, 6.45) is 4.56. The number of nitrogens with zero attached hydrogens (tertiary/aromatic N) is 3. The lowest BCUT2D eigenvalue weighted by molar-refractivity contribution is 0.0703. The number of hydrogen-bond acceptors (Lipinski definition) is 5. The highest BCUT2D eigenvalue weighted by Crippen LogP contribution is 2.30. The highest BCUT2D eigenvalue weighted by molar-refractivity contribution is 7.18. The molecule has 0 spiro atoms. The highest BCUT2D eigenvalue weighted by Gasteiger charge is 2.27. The second-order valence-corrected chi connectivity index (χ2v) is 6.40. The average molecular weight is 296 g/mol. The summed E-state index contributed by atoms with van der Waals surface area (Å²) >= 11 is 1.40. The van der Waals surface area contributed by atoms with Crippen molar-refractivity contribution >= 4 is 28.2 Å². The molecule has 0 saturated carbocycles. The van der Waals surface area contributed by atoms with Crippen molar-refractivity contribution in [3.05, 3.63) is 4.88 Å². The van der Waals surface area contributed by atoms with Crippen molar-refractivity contribution in [3.63, 3.8) is 0 Å². The van der Waals surface area contributed by atoms with Gasteiger partial charge in [-0.2, -0.15) is 0 Å². The van der Waals surface area contributed by atoms with Crippen LogP contribution in [-0.4, -0.2) is 42.0 Å². The van der Waals surface area contributed by atoms with Gasteiger partial charge in [0, 0.05) is 26.2 Å². The second-order valence-electron chi connectivity index (χ2n) is 5.42. The minimum absolute atomic E-state index is 0.0464. The van der Waals surface area contributed by atoms with E-state index in [0.717, 1.165) is 31.1 Å². The Morgan fingerprint density at radius 2 is 2.25 bits per heavy atom. The van der Waals surface area contributed by atoms with Gasteiger partial charge in [0.05, 0.1) is 0 Å². The molecule has 1 aromatic heterocycles. The molecule has 0 bridgehead atoms. The lowest BCUT2D eigenvalue weighted by Gasteiger charge is -2.26. The molecular formula is C14H24N4OS. The van der Waals surface area contributed by atoms with E-state index >= 15 is 0 Å². The number of anilines is 2. The first kappa shape index (κ1) is 15.1. The third-order valence-electron chi connectivity index (χ3n) is 3.95. The van der Waals surface area contributed by atoms with Gasteiger partial charge in [0.15, 0.2) is 5.13 Å². The van der Waals surface area contributed by atoms with E-state index in [4.69, 9.17) is 5.73 Å². The van der Waals surface area contributed by atoms with Crippen molar-refractivity contribution in [2.45, 2.75) is 45.6 Å². The second kappa shape index (κ2) is 6.43. The van der Waals surface area contributed by atoms with Gasteiger partial charge in [0.2, 0.25) is 0 Å². The number of hydrogen-bond donors (Lipinski definition) is 1. The number of thiazole rings is 1. The van der Waals surface area contributed by atoms with E-state index in [1.807, 2.05) is 16.8 Å². The summed E-state index contributed by atoms with van der Waals surface area (Å²) in [7, 11) is 1.96. The Balaban J connectivity index is 2.21. The highest BCUT2D eigenvalue weighted by atomic mass is 32.1. The molecule has 0 radical (unpaired) electrons. The van der Waals surface area contributed by atoms with Crippen LogP contribution in [0, 0.1) is 0 Å². The minimum atomic E-state index is 0.0464. The topological polar surface area (TPSA) is 62.5 Å². The largest absolute Gasteiger partial charge is 0.382 e. The van der Waals surface area contributed by atoms with Gasteiger partial charge in [-0.1, -0.05) is 24.2 Å². The van der Waals surface area contributed by atoms with Crippen LogP contribution in [0.25, 0.3) is 0 Å². The minimum Gasteiger partial charge on any atom is -0.382 e. The first-order chi connectivity index (χ1) is 9.54. The van der Waals surface area contributed by atoms with Gasteiger partial charge >= 0.3 is 0 Å². The predicted molar refractivity (Wildman–Crippen MR) is 84.4 cm³/mol. The van der Waals surface area contributed by atoms with Crippen LogP contribution < -0.4 is 10.6 Å². The van der Waals surface area contributed by atoms with Crippen molar-refractivity contribution in [2.75, 3.05) is 30.8 Å². The zero-order chi connectivity index (χ0) is 14.7. The lowest BCUT2D eigenvalue weighted by atomic mass is 10.1. The zero-order valence-electron chi connectivity index (χ0n) is 12.6. The summed E-state index contributed by atoms with van der Waals surface area (Å²) in [5.41, 5.74) is 5.95. The van der Waals surface area contributed by atoms with Gasteiger partial charge in [-0.15, -0.1) is 0 Å². The fourth-order valence-corrected chi connectivity index (χ4v) is 3.45. The van der Waals surface area contributed by atoms with Crippen molar-refractivity contribution in [3.8, 4) is 0 Å². The molecule has 1 aliphatic rings. The number of rotatable bonds is 3. The molecule has 2 N–H and O–H groups in total. The molecule has 1 atom stereocenters. The molecule has 2 heterocycles. The number of nitrogen functional groups attached to an aromatic ring is 1. The number of likely N-dealkylation sites (tertiary alicyclic amines) is 1. The maximum Gasteiger partial charge on any atom is 0.268 e. The van der Waals surface area contributed by atoms with Crippen LogP contribution in [0.3, 0.4) is 0 Å². The van der Waals surface area contributed by atoms with Crippen LogP contribution in [0.15, 0.2) is 0 Å². The van der Waals surface area contributed by atoms with E-state index < -0.39 is 0 Å². The molecule has 1 fully saturated rings. The maximum atomic E-state index is 12.7. The Labute approximate surface area is 124 Å². The Hall–Kier alpha value is -1.30. The van der Waals surface area contributed by atoms with Crippen LogP contribution in [-0.2, 0) is 0 Å². The molecule has 0 aliphatic carbocycles. The molecule has 5 nitrogen and oxygen atoms in total. The van der Waals surface area contributed by atoms with Crippen LogP contribution in [0.2, 0.25) is 0 Å². The first-order valence-corrected chi connectivity index (χ1v) is 8.14. The summed E-state index contributed by atoms with van der Waals surface area (Å²) < 4.78 is 0. The van der Waals surface area contributed by atoms with Crippen LogP contribution in [0.1, 0.15) is 49.2 Å². The van der Waals surface area contributed by atoms with E-state index in [9.17, 15) is 4.79 Å². The van der Waals surface area contributed by atoms with E-state index in [-0.39, 0.29) is 5.91 Å². The molecule has 6 heteroatoms. The summed E-state index contributed by atoms with van der Waals surface area (Å²) in [6.45, 7) is 5.85. The van der Waals surface area contributed by atoms with Gasteiger partial charge in [-0.25, -0.2) is 4.98 Å². The number of carbonyl (C=O) groups excluding carboxylic acids is 1. The third-order valence-corrected chi connectivity index (χ3v) is 5.12. The smallest absolute Gasteiger partial charge is 0.268 e. The molecule has 20 heavy (non-hydrogen) atoms. The van der Waals surface area contributed by atoms with Crippen LogP contribution in [0.5, 0.6) is 0 Å². The normalized spacial score (nSPS) is 19.8.